The number of aliphatic hydroxyl groups excluding tert-OH is 1. The summed E-state index contributed by atoms with van der Waals surface area (Å²) in [4.78, 5) is 0. The van der Waals surface area contributed by atoms with E-state index in [-0.39, 0.29) is 6.61 Å². The second-order valence-electron chi connectivity index (χ2n) is 3.73. The smallest absolute Gasteiger partial charge is 0.0945 e. The maximum absolute atomic E-state index is 9.67. The van der Waals surface area contributed by atoms with Crippen molar-refractivity contribution in [1.29, 1.82) is 0 Å². The van der Waals surface area contributed by atoms with Gasteiger partial charge in [-0.2, -0.15) is 0 Å². The zero-order valence-corrected chi connectivity index (χ0v) is 12.5. The van der Waals surface area contributed by atoms with Crippen LogP contribution in [0.5, 0.6) is 0 Å². The highest BCUT2D eigenvalue weighted by Crippen LogP contribution is 2.25. The van der Waals surface area contributed by atoms with E-state index in [1.165, 1.54) is 0 Å². The largest absolute Gasteiger partial charge is 0.389 e. The Labute approximate surface area is 120 Å². The minimum absolute atomic E-state index is 0.283. The molecule has 2 N–H and O–H groups in total. The number of hydrogen-bond acceptors (Lipinski definition) is 4. The van der Waals surface area contributed by atoms with Crippen LogP contribution in [0.1, 0.15) is 0 Å². The average Bonchev–Trinajstić information content (AvgIpc) is 2.36. The lowest BCUT2D eigenvalue weighted by molar-refractivity contribution is 0.0182. The predicted molar refractivity (Wildman–Crippen MR) is 76.3 cm³/mol. The zero-order chi connectivity index (χ0) is 13.4. The first-order valence-electron chi connectivity index (χ1n) is 5.57. The number of methoxy groups -OCH3 is 1. The average molecular weight is 339 g/mol. The van der Waals surface area contributed by atoms with Crippen LogP contribution >= 0.6 is 27.5 Å². The monoisotopic (exact) mass is 337 g/mol. The molecule has 0 heterocycles. The van der Waals surface area contributed by atoms with E-state index in [0.717, 1.165) is 10.2 Å². The number of nitrogens with one attached hydrogen (secondary N) is 1. The van der Waals surface area contributed by atoms with E-state index in [2.05, 4.69) is 21.2 Å². The first kappa shape index (κ1) is 15.7. The molecular formula is C12H17BrClNO3. The quantitative estimate of drug-likeness (QED) is 0.715. The van der Waals surface area contributed by atoms with Crippen molar-refractivity contribution < 1.29 is 14.6 Å². The molecule has 1 aromatic carbocycles. The third-order valence-corrected chi connectivity index (χ3v) is 3.42. The van der Waals surface area contributed by atoms with E-state index >= 15 is 0 Å². The van der Waals surface area contributed by atoms with E-state index in [0.29, 0.717) is 24.8 Å². The Morgan fingerprint density at radius 2 is 2.22 bits per heavy atom. The van der Waals surface area contributed by atoms with Crippen molar-refractivity contribution in [2.75, 3.05) is 38.8 Å². The number of aliphatic hydroxyl groups is 1. The predicted octanol–water partition coefficient (Wildman–Crippen LogP) is 2.54. The van der Waals surface area contributed by atoms with Crippen LogP contribution in [0.25, 0.3) is 0 Å². The molecule has 4 nitrogen and oxygen atoms in total. The van der Waals surface area contributed by atoms with Crippen molar-refractivity contribution >= 4 is 33.2 Å². The van der Waals surface area contributed by atoms with Crippen LogP contribution in [0.2, 0.25) is 5.02 Å². The molecular weight excluding hydrogens is 321 g/mol. The Kier molecular flexibility index (Phi) is 7.62. The summed E-state index contributed by atoms with van der Waals surface area (Å²) in [5.74, 6) is 0. The number of anilines is 1. The van der Waals surface area contributed by atoms with Crippen LogP contribution in [-0.4, -0.2) is 44.7 Å². The van der Waals surface area contributed by atoms with Gasteiger partial charge < -0.3 is 19.9 Å². The van der Waals surface area contributed by atoms with Gasteiger partial charge in [0.1, 0.15) is 0 Å². The normalized spacial score (nSPS) is 12.4. The molecule has 102 valence electrons. The van der Waals surface area contributed by atoms with E-state index in [1.54, 1.807) is 13.2 Å². The highest BCUT2D eigenvalue weighted by atomic mass is 79.9. The van der Waals surface area contributed by atoms with Crippen LogP contribution in [0, 0.1) is 0 Å². The van der Waals surface area contributed by atoms with Gasteiger partial charge in [0.25, 0.3) is 0 Å². The molecule has 0 aliphatic heterocycles. The van der Waals surface area contributed by atoms with Crippen LogP contribution in [0.4, 0.5) is 5.69 Å². The van der Waals surface area contributed by atoms with Crippen LogP contribution < -0.4 is 5.32 Å². The highest BCUT2D eigenvalue weighted by molar-refractivity contribution is 9.10. The molecule has 0 aliphatic rings. The lowest BCUT2D eigenvalue weighted by atomic mass is 10.3. The molecule has 0 bridgehead atoms. The van der Waals surface area contributed by atoms with E-state index in [1.807, 2.05) is 12.1 Å². The molecule has 6 heteroatoms. The standard InChI is InChI=1S/C12H17BrClNO3/c1-17-4-5-18-8-10(16)7-15-9-2-3-12(14)11(13)6-9/h2-3,6,10,15-16H,4-5,7-8H2,1H3. The van der Waals surface area contributed by atoms with Crippen molar-refractivity contribution in [1.82, 2.24) is 0 Å². The third-order valence-electron chi connectivity index (χ3n) is 2.20. The molecule has 0 saturated heterocycles. The van der Waals surface area contributed by atoms with Gasteiger partial charge in [0, 0.05) is 23.8 Å². The van der Waals surface area contributed by atoms with Crippen molar-refractivity contribution in [2.24, 2.45) is 0 Å². The van der Waals surface area contributed by atoms with Gasteiger partial charge in [0.2, 0.25) is 0 Å². The molecule has 18 heavy (non-hydrogen) atoms. The van der Waals surface area contributed by atoms with E-state index in [9.17, 15) is 5.11 Å². The summed E-state index contributed by atoms with van der Waals surface area (Å²) in [5.41, 5.74) is 0.891. The van der Waals surface area contributed by atoms with Gasteiger partial charge in [-0.3, -0.25) is 0 Å². The maximum Gasteiger partial charge on any atom is 0.0945 e. The Bertz CT molecular complexity index is 365. The third kappa shape index (κ3) is 6.02. The molecule has 0 saturated carbocycles. The summed E-state index contributed by atoms with van der Waals surface area (Å²) in [6.45, 7) is 1.72. The Morgan fingerprint density at radius 1 is 1.44 bits per heavy atom. The number of halogens is 2. The molecule has 0 aromatic heterocycles. The fraction of sp³-hybridized carbons (Fsp3) is 0.500. The fourth-order valence-corrected chi connectivity index (χ4v) is 1.76. The first-order valence-corrected chi connectivity index (χ1v) is 6.74. The van der Waals surface area contributed by atoms with Gasteiger partial charge in [0.15, 0.2) is 0 Å². The van der Waals surface area contributed by atoms with Crippen LogP contribution in [-0.2, 0) is 9.47 Å². The summed E-state index contributed by atoms with van der Waals surface area (Å²) in [5, 5.41) is 13.4. The minimum atomic E-state index is -0.559. The van der Waals surface area contributed by atoms with Crippen molar-refractivity contribution in [3.8, 4) is 0 Å². The van der Waals surface area contributed by atoms with Crippen molar-refractivity contribution in [2.45, 2.75) is 6.10 Å². The van der Waals surface area contributed by atoms with Crippen molar-refractivity contribution in [3.05, 3.63) is 27.7 Å². The van der Waals surface area contributed by atoms with Gasteiger partial charge in [-0.25, -0.2) is 0 Å². The maximum atomic E-state index is 9.67. The first-order chi connectivity index (χ1) is 8.63. The summed E-state index contributed by atoms with van der Waals surface area (Å²) < 4.78 is 10.9. The minimum Gasteiger partial charge on any atom is -0.389 e. The van der Waals surface area contributed by atoms with Gasteiger partial charge >= 0.3 is 0 Å². The second kappa shape index (κ2) is 8.72. The van der Waals surface area contributed by atoms with Crippen LogP contribution in [0.15, 0.2) is 22.7 Å². The SMILES string of the molecule is COCCOCC(O)CNc1ccc(Cl)c(Br)c1. The molecule has 0 aliphatic carbocycles. The molecule has 0 spiro atoms. The molecule has 0 fully saturated rings. The van der Waals surface area contributed by atoms with Gasteiger partial charge in [-0.05, 0) is 34.1 Å². The number of rotatable bonds is 8. The van der Waals surface area contributed by atoms with Gasteiger partial charge in [-0.1, -0.05) is 11.6 Å². The van der Waals surface area contributed by atoms with E-state index in [4.69, 9.17) is 21.1 Å². The molecule has 1 atom stereocenters. The summed E-state index contributed by atoms with van der Waals surface area (Å²) in [6.07, 6.45) is -0.559. The summed E-state index contributed by atoms with van der Waals surface area (Å²) in [6, 6.07) is 5.50. The Balaban J connectivity index is 2.24. The molecule has 0 radical (unpaired) electrons. The fourth-order valence-electron chi connectivity index (χ4n) is 1.26. The number of hydrogen-bond donors (Lipinski definition) is 2. The number of ether oxygens (including phenoxy) is 2. The van der Waals surface area contributed by atoms with Gasteiger partial charge in [-0.15, -0.1) is 0 Å². The second-order valence-corrected chi connectivity index (χ2v) is 4.99. The lowest BCUT2D eigenvalue weighted by Gasteiger charge is -2.13. The zero-order valence-electron chi connectivity index (χ0n) is 10.2. The van der Waals surface area contributed by atoms with Crippen molar-refractivity contribution in [3.63, 3.8) is 0 Å². The topological polar surface area (TPSA) is 50.7 Å². The Morgan fingerprint density at radius 3 is 2.89 bits per heavy atom. The molecule has 1 unspecified atom stereocenters. The van der Waals surface area contributed by atoms with Crippen LogP contribution in [0.3, 0.4) is 0 Å². The summed E-state index contributed by atoms with van der Waals surface area (Å²) in [7, 11) is 1.61. The van der Waals surface area contributed by atoms with Gasteiger partial charge in [0.05, 0.1) is 30.9 Å². The molecule has 1 rings (SSSR count). The lowest BCUT2D eigenvalue weighted by Crippen LogP contribution is -2.25. The summed E-state index contributed by atoms with van der Waals surface area (Å²) >= 11 is 9.22. The Hall–Kier alpha value is -0.330. The molecule has 1 aromatic rings. The highest BCUT2D eigenvalue weighted by Gasteiger charge is 2.05. The van der Waals surface area contributed by atoms with E-state index < -0.39 is 6.10 Å². The number of benzene rings is 1. The molecule has 0 amide bonds.